The number of piperidine rings is 2. The summed E-state index contributed by atoms with van der Waals surface area (Å²) in [5.74, 6) is -0.542. The molecule has 1 unspecified atom stereocenters. The van der Waals surface area contributed by atoms with Crippen LogP contribution in [0.25, 0.3) is 0 Å². The summed E-state index contributed by atoms with van der Waals surface area (Å²) in [4.78, 5) is 31.7. The smallest absolute Gasteiger partial charge is 0.304 e. The van der Waals surface area contributed by atoms with Gasteiger partial charge in [-0.3, -0.25) is 14.6 Å². The predicted octanol–water partition coefficient (Wildman–Crippen LogP) is 1.76. The minimum Gasteiger partial charge on any atom is -0.481 e. The number of carboxylic acid groups (broad SMARTS) is 1. The van der Waals surface area contributed by atoms with Crippen molar-refractivity contribution in [1.29, 1.82) is 0 Å². The third-order valence-electron chi connectivity index (χ3n) is 5.21. The fourth-order valence-electron chi connectivity index (χ4n) is 4.02. The van der Waals surface area contributed by atoms with Crippen LogP contribution in [0, 0.1) is 5.41 Å². The molecule has 1 aromatic heterocycles. The number of carbonyl (C=O) groups is 2. The number of hydrogen-bond donors (Lipinski definition) is 1. The molecule has 1 amide bonds. The van der Waals surface area contributed by atoms with E-state index < -0.39 is 5.97 Å². The molecular weight excluding hydrogens is 306 g/mol. The summed E-state index contributed by atoms with van der Waals surface area (Å²) in [5.41, 5.74) is 1.03. The SMILES string of the molecule is O=C(O)CCN1CCCC2(CCC(=O)N(Cc3ccccn3)C2)C1. The van der Waals surface area contributed by atoms with Crippen LogP contribution in [0.3, 0.4) is 0 Å². The Morgan fingerprint density at radius 2 is 2.17 bits per heavy atom. The van der Waals surface area contributed by atoms with Gasteiger partial charge in [0.2, 0.25) is 5.91 Å². The third-order valence-corrected chi connectivity index (χ3v) is 5.21. The fraction of sp³-hybridized carbons (Fsp3) is 0.611. The fourth-order valence-corrected chi connectivity index (χ4v) is 4.02. The summed E-state index contributed by atoms with van der Waals surface area (Å²) in [5, 5.41) is 8.90. The van der Waals surface area contributed by atoms with Crippen LogP contribution in [0.1, 0.15) is 37.8 Å². The minimum absolute atomic E-state index is 0.111. The second kappa shape index (κ2) is 7.30. The Morgan fingerprint density at radius 3 is 2.92 bits per heavy atom. The Bertz CT molecular complexity index is 592. The van der Waals surface area contributed by atoms with Crippen LogP contribution in [-0.4, -0.2) is 57.9 Å². The van der Waals surface area contributed by atoms with E-state index in [9.17, 15) is 9.59 Å². The summed E-state index contributed by atoms with van der Waals surface area (Å²) in [6.07, 6.45) is 5.63. The molecule has 2 aliphatic heterocycles. The average molecular weight is 331 g/mol. The summed E-state index contributed by atoms with van der Waals surface area (Å²) in [6.45, 7) is 3.78. The number of amides is 1. The van der Waals surface area contributed by atoms with Crippen LogP contribution in [0.5, 0.6) is 0 Å². The molecule has 0 bridgehead atoms. The normalized spacial score (nSPS) is 25.2. The van der Waals surface area contributed by atoms with Crippen LogP contribution in [0.4, 0.5) is 0 Å². The number of aliphatic carboxylic acids is 1. The lowest BCUT2D eigenvalue weighted by Crippen LogP contribution is -2.54. The van der Waals surface area contributed by atoms with E-state index in [4.69, 9.17) is 5.11 Å². The maximum absolute atomic E-state index is 12.3. The van der Waals surface area contributed by atoms with E-state index in [1.165, 1.54) is 0 Å². The molecule has 1 spiro atoms. The van der Waals surface area contributed by atoms with Crippen LogP contribution < -0.4 is 0 Å². The molecule has 3 rings (SSSR count). The first-order chi connectivity index (χ1) is 11.6. The Labute approximate surface area is 142 Å². The Balaban J connectivity index is 1.64. The highest BCUT2D eigenvalue weighted by Gasteiger charge is 2.41. The zero-order valence-electron chi connectivity index (χ0n) is 14.0. The number of hydrogen-bond acceptors (Lipinski definition) is 4. The van der Waals surface area contributed by atoms with Crippen LogP contribution >= 0.6 is 0 Å². The minimum atomic E-state index is -0.745. The molecule has 6 nitrogen and oxygen atoms in total. The molecule has 0 saturated carbocycles. The van der Waals surface area contributed by atoms with Crippen molar-refractivity contribution < 1.29 is 14.7 Å². The van der Waals surface area contributed by atoms with E-state index in [-0.39, 0.29) is 17.7 Å². The Morgan fingerprint density at radius 1 is 1.29 bits per heavy atom. The second-order valence-corrected chi connectivity index (χ2v) is 7.09. The molecule has 0 radical (unpaired) electrons. The molecule has 1 atom stereocenters. The highest BCUT2D eigenvalue weighted by Crippen LogP contribution is 2.39. The van der Waals surface area contributed by atoms with Crippen molar-refractivity contribution in [3.05, 3.63) is 30.1 Å². The van der Waals surface area contributed by atoms with Crippen molar-refractivity contribution in [3.8, 4) is 0 Å². The number of likely N-dealkylation sites (tertiary alicyclic amines) is 2. The predicted molar refractivity (Wildman–Crippen MR) is 89.2 cm³/mol. The van der Waals surface area contributed by atoms with Gasteiger partial charge in [-0.1, -0.05) is 6.07 Å². The molecule has 2 aliphatic rings. The molecule has 24 heavy (non-hydrogen) atoms. The highest BCUT2D eigenvalue weighted by atomic mass is 16.4. The number of rotatable bonds is 5. The molecule has 1 aromatic rings. The van der Waals surface area contributed by atoms with Crippen molar-refractivity contribution in [2.45, 2.75) is 38.6 Å². The van der Waals surface area contributed by atoms with Gasteiger partial charge in [-0.2, -0.15) is 0 Å². The largest absolute Gasteiger partial charge is 0.481 e. The number of carbonyl (C=O) groups excluding carboxylic acids is 1. The van der Waals surface area contributed by atoms with Crippen molar-refractivity contribution in [1.82, 2.24) is 14.8 Å². The third kappa shape index (κ3) is 4.12. The number of aromatic nitrogens is 1. The van der Waals surface area contributed by atoms with E-state index in [1.807, 2.05) is 23.1 Å². The zero-order chi connectivity index (χ0) is 17.0. The maximum atomic E-state index is 12.3. The number of nitrogens with zero attached hydrogens (tertiary/aromatic N) is 3. The summed E-state index contributed by atoms with van der Waals surface area (Å²) >= 11 is 0. The lowest BCUT2D eigenvalue weighted by molar-refractivity contribution is -0.140. The van der Waals surface area contributed by atoms with Crippen molar-refractivity contribution in [3.63, 3.8) is 0 Å². The molecule has 2 saturated heterocycles. The van der Waals surface area contributed by atoms with Crippen LogP contribution in [-0.2, 0) is 16.1 Å². The van der Waals surface area contributed by atoms with Crippen molar-refractivity contribution in [2.24, 2.45) is 5.41 Å². The highest BCUT2D eigenvalue weighted by molar-refractivity contribution is 5.77. The molecule has 3 heterocycles. The van der Waals surface area contributed by atoms with Crippen LogP contribution in [0.2, 0.25) is 0 Å². The van der Waals surface area contributed by atoms with Gasteiger partial charge in [0.05, 0.1) is 18.7 Å². The van der Waals surface area contributed by atoms with Gasteiger partial charge >= 0.3 is 5.97 Å². The molecular formula is C18H25N3O3. The molecule has 0 aliphatic carbocycles. The molecule has 1 N–H and O–H groups in total. The quantitative estimate of drug-likeness (QED) is 0.890. The standard InChI is InChI=1S/C18H25N3O3/c22-16-5-8-18(7-3-10-20(13-18)11-6-17(23)24)14-21(16)12-15-4-1-2-9-19-15/h1-2,4,9H,3,5-8,10-14H2,(H,23,24). The second-order valence-electron chi connectivity index (χ2n) is 7.09. The molecule has 2 fully saturated rings. The van der Waals surface area contributed by atoms with Gasteiger partial charge in [0.1, 0.15) is 0 Å². The van der Waals surface area contributed by atoms with Gasteiger partial charge in [0, 0.05) is 37.7 Å². The van der Waals surface area contributed by atoms with Crippen molar-refractivity contribution >= 4 is 11.9 Å². The molecule has 6 heteroatoms. The first-order valence-electron chi connectivity index (χ1n) is 8.68. The van der Waals surface area contributed by atoms with E-state index in [1.54, 1.807) is 6.20 Å². The summed E-state index contributed by atoms with van der Waals surface area (Å²) < 4.78 is 0. The van der Waals surface area contributed by atoms with Crippen molar-refractivity contribution in [2.75, 3.05) is 26.2 Å². The summed E-state index contributed by atoms with van der Waals surface area (Å²) in [6, 6.07) is 5.78. The maximum Gasteiger partial charge on any atom is 0.304 e. The van der Waals surface area contributed by atoms with Gasteiger partial charge in [0.25, 0.3) is 0 Å². The molecule has 0 aromatic carbocycles. The lowest BCUT2D eigenvalue weighted by Gasteiger charge is -2.48. The lowest BCUT2D eigenvalue weighted by atomic mass is 9.73. The number of carboxylic acids is 1. The van der Waals surface area contributed by atoms with Gasteiger partial charge in [0.15, 0.2) is 0 Å². The zero-order valence-corrected chi connectivity index (χ0v) is 14.0. The number of pyridine rings is 1. The van der Waals surface area contributed by atoms with Gasteiger partial charge < -0.3 is 14.9 Å². The first kappa shape index (κ1) is 16.9. The first-order valence-corrected chi connectivity index (χ1v) is 8.68. The van der Waals surface area contributed by atoms with Gasteiger partial charge in [-0.05, 0) is 37.9 Å². The van der Waals surface area contributed by atoms with E-state index in [0.717, 1.165) is 44.6 Å². The van der Waals surface area contributed by atoms with Gasteiger partial charge in [-0.15, -0.1) is 0 Å². The van der Waals surface area contributed by atoms with E-state index in [2.05, 4.69) is 9.88 Å². The molecule has 130 valence electrons. The average Bonchev–Trinajstić information content (AvgIpc) is 2.58. The Hall–Kier alpha value is -1.95. The van der Waals surface area contributed by atoms with Gasteiger partial charge in [-0.25, -0.2) is 0 Å². The summed E-state index contributed by atoms with van der Waals surface area (Å²) in [7, 11) is 0. The Kier molecular flexibility index (Phi) is 5.14. The monoisotopic (exact) mass is 331 g/mol. The van der Waals surface area contributed by atoms with Crippen LogP contribution in [0.15, 0.2) is 24.4 Å². The van der Waals surface area contributed by atoms with E-state index in [0.29, 0.717) is 19.5 Å². The topological polar surface area (TPSA) is 73.7 Å². The van der Waals surface area contributed by atoms with E-state index >= 15 is 0 Å².